The van der Waals surface area contributed by atoms with Crippen LogP contribution in [0.4, 0.5) is 0 Å². The topological polar surface area (TPSA) is 31.0 Å². The van der Waals surface area contributed by atoms with Crippen LogP contribution in [0.25, 0.3) is 71.6 Å². The fourth-order valence-electron chi connectivity index (χ4n) is 7.04. The van der Waals surface area contributed by atoms with Crippen LogP contribution in [0.3, 0.4) is 0 Å². The number of rotatable bonds is 2. The molecule has 0 spiro atoms. The van der Waals surface area contributed by atoms with Gasteiger partial charge in [0.2, 0.25) is 0 Å². The first kappa shape index (κ1) is 22.6. The van der Waals surface area contributed by atoms with Crippen molar-refractivity contribution in [3.63, 3.8) is 0 Å². The van der Waals surface area contributed by atoms with Gasteiger partial charge in [-0.25, -0.2) is 4.68 Å². The van der Waals surface area contributed by atoms with Crippen molar-refractivity contribution < 1.29 is 4.42 Å². The van der Waals surface area contributed by atoms with Crippen LogP contribution in [-0.2, 0) is 5.41 Å². The Morgan fingerprint density at radius 1 is 0.585 bits per heavy atom. The molecule has 2 heterocycles. The summed E-state index contributed by atoms with van der Waals surface area (Å²) in [6.45, 7) is 4.67. The highest BCUT2D eigenvalue weighted by atomic mass is 16.3. The molecule has 0 amide bonds. The molecule has 0 aliphatic heterocycles. The lowest BCUT2D eigenvalue weighted by molar-refractivity contribution is 0.658. The summed E-state index contributed by atoms with van der Waals surface area (Å²) in [4.78, 5) is 0. The average molecular weight is 527 g/mol. The molecule has 0 saturated heterocycles. The van der Waals surface area contributed by atoms with E-state index < -0.39 is 0 Å². The Labute approximate surface area is 237 Å². The highest BCUT2D eigenvalue weighted by Gasteiger charge is 2.36. The molecule has 0 radical (unpaired) electrons. The van der Waals surface area contributed by atoms with Gasteiger partial charge in [0.1, 0.15) is 11.2 Å². The van der Waals surface area contributed by atoms with Crippen LogP contribution in [0.2, 0.25) is 0 Å². The van der Waals surface area contributed by atoms with Crippen LogP contribution in [0.1, 0.15) is 25.0 Å². The summed E-state index contributed by atoms with van der Waals surface area (Å²) >= 11 is 0. The average Bonchev–Trinajstić information content (AvgIpc) is 3.69. The summed E-state index contributed by atoms with van der Waals surface area (Å²) in [6.07, 6.45) is 1.91. The highest BCUT2D eigenvalue weighted by molar-refractivity contribution is 6.11. The summed E-state index contributed by atoms with van der Waals surface area (Å²) < 4.78 is 8.36. The van der Waals surface area contributed by atoms with Gasteiger partial charge in [-0.1, -0.05) is 92.7 Å². The molecule has 3 heteroatoms. The molecule has 194 valence electrons. The Kier molecular flexibility index (Phi) is 4.39. The van der Waals surface area contributed by atoms with E-state index in [-0.39, 0.29) is 5.41 Å². The third-order valence-electron chi connectivity index (χ3n) is 9.09. The maximum Gasteiger partial charge on any atom is 0.136 e. The molecule has 0 atom stereocenters. The minimum atomic E-state index is -0.145. The molecule has 9 rings (SSSR count). The van der Waals surface area contributed by atoms with Gasteiger partial charge in [0.25, 0.3) is 0 Å². The number of benzene rings is 6. The highest BCUT2D eigenvalue weighted by Crippen LogP contribution is 2.51. The van der Waals surface area contributed by atoms with Gasteiger partial charge in [-0.15, -0.1) is 0 Å². The lowest BCUT2D eigenvalue weighted by atomic mass is 9.81. The van der Waals surface area contributed by atoms with E-state index in [0.717, 1.165) is 28.1 Å². The molecule has 0 unspecified atom stereocenters. The van der Waals surface area contributed by atoms with Gasteiger partial charge in [-0.3, -0.25) is 0 Å². The minimum Gasteiger partial charge on any atom is -0.456 e. The Morgan fingerprint density at radius 2 is 1.32 bits per heavy atom. The third-order valence-corrected chi connectivity index (χ3v) is 9.09. The number of nitrogens with zero attached hydrogens (tertiary/aromatic N) is 2. The number of hydrogen-bond donors (Lipinski definition) is 0. The fraction of sp³-hybridized carbons (Fsp3) is 0.0789. The molecule has 2 aromatic heterocycles. The second kappa shape index (κ2) is 7.96. The predicted octanol–water partition coefficient (Wildman–Crippen LogP) is 10.1. The van der Waals surface area contributed by atoms with E-state index >= 15 is 0 Å². The minimum absolute atomic E-state index is 0.145. The predicted molar refractivity (Wildman–Crippen MR) is 169 cm³/mol. The van der Waals surface area contributed by atoms with Gasteiger partial charge in [0.05, 0.1) is 17.6 Å². The van der Waals surface area contributed by atoms with Crippen molar-refractivity contribution in [2.45, 2.75) is 19.3 Å². The molecule has 0 fully saturated rings. The summed E-state index contributed by atoms with van der Waals surface area (Å²) in [5, 5.41) is 12.1. The molecule has 0 saturated carbocycles. The van der Waals surface area contributed by atoms with E-state index in [1.807, 2.05) is 18.3 Å². The zero-order chi connectivity index (χ0) is 27.3. The number of fused-ring (bicyclic) bond motifs is 9. The van der Waals surface area contributed by atoms with Crippen LogP contribution in [-0.4, -0.2) is 9.78 Å². The Balaban J connectivity index is 1.23. The summed E-state index contributed by atoms with van der Waals surface area (Å²) in [6, 6.07) is 41.4. The van der Waals surface area contributed by atoms with Crippen LogP contribution in [0, 0.1) is 0 Å². The molecule has 8 aromatic rings. The van der Waals surface area contributed by atoms with Crippen molar-refractivity contribution in [3.05, 3.63) is 133 Å². The first-order valence-corrected chi connectivity index (χ1v) is 14.1. The number of para-hydroxylation sites is 1. The van der Waals surface area contributed by atoms with Crippen molar-refractivity contribution in [3.8, 4) is 28.1 Å². The van der Waals surface area contributed by atoms with Crippen molar-refractivity contribution in [2.75, 3.05) is 0 Å². The van der Waals surface area contributed by atoms with E-state index in [9.17, 15) is 0 Å². The lowest BCUT2D eigenvalue weighted by Gasteiger charge is -2.22. The standard InChI is InChI=1S/C38H26N2O/c1-38(2)32-19-24(15-16-27(32)30-22-37-31(21-33(30)38)29-13-7-8-14-36(29)41-37)34-17-18-39-40(34)35-20-23-9-3-4-10-25(23)26-11-5-6-12-28(26)35/h3-22H,1-2H3. The molecular formula is C38H26N2O. The molecule has 0 N–H and O–H groups in total. The van der Waals surface area contributed by atoms with Crippen molar-refractivity contribution in [1.29, 1.82) is 0 Å². The fourth-order valence-corrected chi connectivity index (χ4v) is 7.04. The molecule has 1 aliphatic rings. The van der Waals surface area contributed by atoms with Crippen molar-refractivity contribution >= 4 is 43.5 Å². The monoisotopic (exact) mass is 526 g/mol. The van der Waals surface area contributed by atoms with Gasteiger partial charge < -0.3 is 4.42 Å². The zero-order valence-electron chi connectivity index (χ0n) is 22.8. The summed E-state index contributed by atoms with van der Waals surface area (Å²) in [7, 11) is 0. The zero-order valence-corrected chi connectivity index (χ0v) is 22.8. The number of furan rings is 1. The smallest absolute Gasteiger partial charge is 0.136 e. The van der Waals surface area contributed by atoms with Gasteiger partial charge in [-0.05, 0) is 74.8 Å². The Morgan fingerprint density at radius 3 is 2.20 bits per heavy atom. The van der Waals surface area contributed by atoms with Gasteiger partial charge in [-0.2, -0.15) is 5.10 Å². The Bertz CT molecular complexity index is 2350. The summed E-state index contributed by atoms with van der Waals surface area (Å²) in [5.41, 5.74) is 10.3. The Hall–Kier alpha value is -5.15. The van der Waals surface area contributed by atoms with E-state index in [4.69, 9.17) is 9.52 Å². The van der Waals surface area contributed by atoms with Crippen molar-refractivity contribution in [1.82, 2.24) is 9.78 Å². The van der Waals surface area contributed by atoms with Crippen LogP contribution in [0.5, 0.6) is 0 Å². The van der Waals surface area contributed by atoms with E-state index in [2.05, 4.69) is 122 Å². The largest absolute Gasteiger partial charge is 0.456 e. The van der Waals surface area contributed by atoms with Gasteiger partial charge in [0, 0.05) is 27.1 Å². The van der Waals surface area contributed by atoms with E-state index in [1.54, 1.807) is 0 Å². The van der Waals surface area contributed by atoms with E-state index in [1.165, 1.54) is 54.6 Å². The number of aromatic nitrogens is 2. The number of hydrogen-bond acceptors (Lipinski definition) is 2. The molecular weight excluding hydrogens is 500 g/mol. The molecule has 1 aliphatic carbocycles. The second-order valence-electron chi connectivity index (χ2n) is 11.7. The molecule has 3 nitrogen and oxygen atoms in total. The maximum atomic E-state index is 6.26. The van der Waals surface area contributed by atoms with Crippen LogP contribution < -0.4 is 0 Å². The van der Waals surface area contributed by atoms with Crippen molar-refractivity contribution in [2.24, 2.45) is 0 Å². The quantitative estimate of drug-likeness (QED) is 0.210. The second-order valence-corrected chi connectivity index (χ2v) is 11.7. The first-order valence-electron chi connectivity index (χ1n) is 14.1. The molecule has 6 aromatic carbocycles. The van der Waals surface area contributed by atoms with E-state index in [0.29, 0.717) is 0 Å². The van der Waals surface area contributed by atoms with Crippen LogP contribution in [0.15, 0.2) is 126 Å². The van der Waals surface area contributed by atoms with Gasteiger partial charge >= 0.3 is 0 Å². The van der Waals surface area contributed by atoms with Crippen LogP contribution >= 0.6 is 0 Å². The third kappa shape index (κ3) is 3.06. The maximum absolute atomic E-state index is 6.26. The first-order chi connectivity index (χ1) is 20.1. The summed E-state index contributed by atoms with van der Waals surface area (Å²) in [5.74, 6) is 0. The lowest BCUT2D eigenvalue weighted by Crippen LogP contribution is -2.15. The van der Waals surface area contributed by atoms with Gasteiger partial charge in [0.15, 0.2) is 0 Å². The SMILES string of the molecule is CC1(C)c2cc(-c3ccnn3-c3cc4ccccc4c4ccccc34)ccc2-c2cc3oc4ccccc4c3cc21. The molecule has 41 heavy (non-hydrogen) atoms. The molecule has 0 bridgehead atoms. The normalized spacial score (nSPS) is 13.8.